The fourth-order valence-electron chi connectivity index (χ4n) is 3.92. The van der Waals surface area contributed by atoms with E-state index in [0.29, 0.717) is 54.8 Å². The highest BCUT2D eigenvalue weighted by atomic mass is 32.2. The molecule has 1 saturated heterocycles. The van der Waals surface area contributed by atoms with E-state index in [1.165, 1.54) is 0 Å². The van der Waals surface area contributed by atoms with Crippen LogP contribution in [-0.4, -0.2) is 54.8 Å². The molecule has 0 bridgehead atoms. The van der Waals surface area contributed by atoms with Crippen LogP contribution in [0, 0.1) is 0 Å². The highest BCUT2D eigenvalue weighted by Gasteiger charge is 2.46. The number of nitrogens with two attached hydrogens (primary N) is 1. The largest absolute Gasteiger partial charge is 0.494 e. The Bertz CT molecular complexity index is 1030. The third-order valence-corrected chi connectivity index (χ3v) is 8.82. The van der Waals surface area contributed by atoms with E-state index in [2.05, 4.69) is 5.87 Å². The zero-order valence-corrected chi connectivity index (χ0v) is 19.4. The average molecular weight is 462 g/mol. The summed E-state index contributed by atoms with van der Waals surface area (Å²) in [5, 5.41) is 0. The molecule has 3 rings (SSSR count). The quantitative estimate of drug-likeness (QED) is 0.432. The number of benzene rings is 2. The first-order valence-electron chi connectivity index (χ1n) is 10.5. The van der Waals surface area contributed by atoms with Gasteiger partial charge in [-0.05, 0) is 73.5 Å². The SMILES string of the molecule is C=S(=O)(c1ccc(OCCCc2ccc(OC)c(OC)c2)cc1)C1(C(N)=O)CCOCC1. The number of aryl methyl sites for hydroxylation is 1. The van der Waals surface area contributed by atoms with Crippen molar-refractivity contribution in [2.45, 2.75) is 35.3 Å². The highest BCUT2D eigenvalue weighted by Crippen LogP contribution is 2.35. The van der Waals surface area contributed by atoms with E-state index >= 15 is 0 Å². The number of hydrogen-bond donors (Lipinski definition) is 1. The van der Waals surface area contributed by atoms with Crippen molar-refractivity contribution in [2.75, 3.05) is 34.0 Å². The lowest BCUT2D eigenvalue weighted by molar-refractivity contribution is -0.122. The lowest BCUT2D eigenvalue weighted by Gasteiger charge is -2.37. The molecular weight excluding hydrogens is 430 g/mol. The summed E-state index contributed by atoms with van der Waals surface area (Å²) >= 11 is 0. The molecule has 0 spiro atoms. The van der Waals surface area contributed by atoms with Crippen molar-refractivity contribution >= 4 is 21.3 Å². The van der Waals surface area contributed by atoms with E-state index in [9.17, 15) is 9.00 Å². The normalized spacial score (nSPS) is 17.2. The molecule has 2 aromatic carbocycles. The molecule has 0 aliphatic carbocycles. The number of ether oxygens (including phenoxy) is 4. The summed E-state index contributed by atoms with van der Waals surface area (Å²) < 4.78 is 34.2. The first-order chi connectivity index (χ1) is 15.3. The van der Waals surface area contributed by atoms with Crippen molar-refractivity contribution in [1.82, 2.24) is 0 Å². The number of hydrogen-bond acceptors (Lipinski definition) is 6. The minimum absolute atomic E-state index is 0.305. The Morgan fingerprint density at radius 1 is 1.09 bits per heavy atom. The Hall–Kier alpha value is -2.71. The maximum atomic E-state index is 13.6. The monoisotopic (exact) mass is 461 g/mol. The Morgan fingerprint density at radius 2 is 1.75 bits per heavy atom. The van der Waals surface area contributed by atoms with Gasteiger partial charge in [0.05, 0.1) is 20.8 Å². The molecule has 2 N–H and O–H groups in total. The van der Waals surface area contributed by atoms with Gasteiger partial charge in [0.2, 0.25) is 5.91 Å². The number of primary amides is 1. The third-order valence-electron chi connectivity index (χ3n) is 5.91. The molecule has 0 saturated carbocycles. The molecule has 1 fully saturated rings. The van der Waals surface area contributed by atoms with Crippen LogP contribution >= 0.6 is 0 Å². The number of rotatable bonds is 10. The highest BCUT2D eigenvalue weighted by molar-refractivity contribution is 8.02. The van der Waals surface area contributed by atoms with Crippen LogP contribution in [0.2, 0.25) is 0 Å². The standard InChI is InChI=1S/C24H31NO6S/c1-28-21-11-6-18(17-22(21)29-2)5-4-14-31-19-7-9-20(10-8-19)32(3,27)24(23(25)26)12-15-30-16-13-24/h6-11,17H,3-5,12-16H2,1-2H3,(H2,25,26). The molecule has 32 heavy (non-hydrogen) atoms. The summed E-state index contributed by atoms with van der Waals surface area (Å²) in [7, 11) is 0.283. The molecule has 1 aliphatic heterocycles. The van der Waals surface area contributed by atoms with Gasteiger partial charge in [-0.2, -0.15) is 0 Å². The van der Waals surface area contributed by atoms with E-state index in [4.69, 9.17) is 24.7 Å². The fourth-order valence-corrected chi connectivity index (χ4v) is 6.10. The third kappa shape index (κ3) is 4.86. The predicted molar refractivity (Wildman–Crippen MR) is 125 cm³/mol. The molecule has 1 amide bonds. The Balaban J connectivity index is 1.59. The molecule has 0 aromatic heterocycles. The number of methoxy groups -OCH3 is 2. The zero-order chi connectivity index (χ0) is 23.2. The van der Waals surface area contributed by atoms with E-state index in [-0.39, 0.29) is 0 Å². The van der Waals surface area contributed by atoms with E-state index in [0.717, 1.165) is 18.4 Å². The molecule has 1 unspecified atom stereocenters. The Labute approximate surface area is 189 Å². The van der Waals surface area contributed by atoms with Crippen molar-refractivity contribution in [2.24, 2.45) is 5.73 Å². The summed E-state index contributed by atoms with van der Waals surface area (Å²) in [6.45, 7) is 1.21. The van der Waals surface area contributed by atoms with E-state index in [1.807, 2.05) is 18.2 Å². The minimum Gasteiger partial charge on any atom is -0.494 e. The van der Waals surface area contributed by atoms with Gasteiger partial charge in [-0.15, -0.1) is 0 Å². The van der Waals surface area contributed by atoms with Crippen LogP contribution in [-0.2, 0) is 25.5 Å². The molecule has 174 valence electrons. The van der Waals surface area contributed by atoms with Gasteiger partial charge in [0, 0.05) is 27.6 Å². The van der Waals surface area contributed by atoms with Crippen LogP contribution in [0.5, 0.6) is 17.2 Å². The zero-order valence-electron chi connectivity index (χ0n) is 18.6. The van der Waals surface area contributed by atoms with E-state index in [1.54, 1.807) is 38.5 Å². The molecule has 1 aliphatic rings. The van der Waals surface area contributed by atoms with Crippen molar-refractivity contribution in [1.29, 1.82) is 0 Å². The van der Waals surface area contributed by atoms with Gasteiger partial charge >= 0.3 is 0 Å². The van der Waals surface area contributed by atoms with Crippen molar-refractivity contribution in [3.05, 3.63) is 48.0 Å². The second-order valence-corrected chi connectivity index (χ2v) is 10.4. The lowest BCUT2D eigenvalue weighted by Crippen LogP contribution is -2.53. The predicted octanol–water partition coefficient (Wildman–Crippen LogP) is 2.83. The molecule has 1 atom stereocenters. The van der Waals surface area contributed by atoms with Crippen LogP contribution in [0.1, 0.15) is 24.8 Å². The van der Waals surface area contributed by atoms with Gasteiger partial charge in [-0.1, -0.05) is 6.07 Å². The van der Waals surface area contributed by atoms with Crippen molar-refractivity contribution in [3.63, 3.8) is 0 Å². The fraction of sp³-hybridized carbons (Fsp3) is 0.417. The lowest BCUT2D eigenvalue weighted by atomic mass is 9.98. The number of carbonyl (C=O) groups is 1. The number of amides is 1. The van der Waals surface area contributed by atoms with Crippen LogP contribution in [0.3, 0.4) is 0 Å². The molecule has 7 nitrogen and oxygen atoms in total. The van der Waals surface area contributed by atoms with Crippen LogP contribution in [0.4, 0.5) is 0 Å². The van der Waals surface area contributed by atoms with Gasteiger partial charge in [-0.25, -0.2) is 0 Å². The summed E-state index contributed by atoms with van der Waals surface area (Å²) in [5.41, 5.74) is 6.80. The second-order valence-electron chi connectivity index (χ2n) is 7.76. The van der Waals surface area contributed by atoms with Gasteiger partial charge < -0.3 is 24.7 Å². The van der Waals surface area contributed by atoms with Gasteiger partial charge in [0.25, 0.3) is 0 Å². The number of carbonyl (C=O) groups excluding carboxylic acids is 1. The average Bonchev–Trinajstić information content (AvgIpc) is 2.82. The van der Waals surface area contributed by atoms with Gasteiger partial charge in [0.15, 0.2) is 11.5 Å². The van der Waals surface area contributed by atoms with Crippen molar-refractivity contribution in [3.8, 4) is 17.2 Å². The first-order valence-corrected chi connectivity index (χ1v) is 12.2. The molecular formula is C24H31NO6S. The van der Waals surface area contributed by atoms with Gasteiger partial charge in [-0.3, -0.25) is 9.00 Å². The van der Waals surface area contributed by atoms with Crippen molar-refractivity contribution < 1.29 is 28.0 Å². The Kier molecular flexibility index (Phi) is 7.69. The van der Waals surface area contributed by atoms with Gasteiger partial charge in [0.1, 0.15) is 10.5 Å². The summed E-state index contributed by atoms with van der Waals surface area (Å²) in [5.74, 6) is 5.42. The molecule has 1 heterocycles. The minimum atomic E-state index is -2.95. The first kappa shape index (κ1) is 23.9. The molecule has 8 heteroatoms. The van der Waals surface area contributed by atoms with Crippen LogP contribution in [0.15, 0.2) is 47.4 Å². The summed E-state index contributed by atoms with van der Waals surface area (Å²) in [6.07, 6.45) is 2.25. The summed E-state index contributed by atoms with van der Waals surface area (Å²) in [6, 6.07) is 12.8. The molecule has 0 radical (unpaired) electrons. The second kappa shape index (κ2) is 10.3. The smallest absolute Gasteiger partial charge is 0.236 e. The van der Waals surface area contributed by atoms with Crippen LogP contribution in [0.25, 0.3) is 0 Å². The maximum Gasteiger partial charge on any atom is 0.236 e. The topological polar surface area (TPSA) is 97.1 Å². The maximum absolute atomic E-state index is 13.6. The molecule has 2 aromatic rings. The van der Waals surface area contributed by atoms with E-state index < -0.39 is 20.2 Å². The Morgan fingerprint density at radius 3 is 2.34 bits per heavy atom. The van der Waals surface area contributed by atoms with Crippen LogP contribution < -0.4 is 19.9 Å². The summed E-state index contributed by atoms with van der Waals surface area (Å²) in [4.78, 5) is 12.7.